The molecule has 0 unspecified atom stereocenters. The van der Waals surface area contributed by atoms with Crippen LogP contribution in [0.3, 0.4) is 0 Å². The van der Waals surface area contributed by atoms with Gasteiger partial charge in [0.1, 0.15) is 5.82 Å². The van der Waals surface area contributed by atoms with Crippen LogP contribution in [0.2, 0.25) is 0 Å². The number of rotatable bonds is 3. The maximum absolute atomic E-state index is 13.9. The van der Waals surface area contributed by atoms with Crippen LogP contribution in [0.5, 0.6) is 0 Å². The molecule has 3 rings (SSSR count). The Morgan fingerprint density at radius 2 is 1.65 bits per heavy atom. The standard InChI is InChI=1S/C17H21FN2/c18-16-9-3-4-10-17(16)20-13-7-8-15(20)14-19-11-5-1-2-6-12-19/h3-4,7-10,13H,1-2,5-6,11-12,14H2. The molecule has 0 saturated carbocycles. The second kappa shape index (κ2) is 6.23. The Morgan fingerprint density at radius 3 is 2.40 bits per heavy atom. The maximum atomic E-state index is 13.9. The molecule has 1 aromatic heterocycles. The van der Waals surface area contributed by atoms with E-state index >= 15 is 0 Å². The summed E-state index contributed by atoms with van der Waals surface area (Å²) in [6, 6.07) is 11.1. The summed E-state index contributed by atoms with van der Waals surface area (Å²) in [6.07, 6.45) is 7.18. The molecule has 1 aromatic carbocycles. The quantitative estimate of drug-likeness (QED) is 0.820. The molecule has 0 radical (unpaired) electrons. The van der Waals surface area contributed by atoms with E-state index in [-0.39, 0.29) is 5.82 Å². The lowest BCUT2D eigenvalue weighted by atomic mass is 10.2. The molecule has 1 aliphatic rings. The van der Waals surface area contributed by atoms with E-state index in [4.69, 9.17) is 0 Å². The molecule has 2 aromatic rings. The Kier molecular flexibility index (Phi) is 4.16. The van der Waals surface area contributed by atoms with Crippen molar-refractivity contribution >= 4 is 0 Å². The number of likely N-dealkylation sites (tertiary alicyclic amines) is 1. The predicted molar refractivity (Wildman–Crippen MR) is 79.5 cm³/mol. The molecule has 0 bridgehead atoms. The number of hydrogen-bond donors (Lipinski definition) is 0. The summed E-state index contributed by atoms with van der Waals surface area (Å²) in [5, 5.41) is 0. The van der Waals surface area contributed by atoms with Gasteiger partial charge in [0.15, 0.2) is 0 Å². The molecule has 0 atom stereocenters. The van der Waals surface area contributed by atoms with Crippen molar-refractivity contribution in [1.29, 1.82) is 0 Å². The van der Waals surface area contributed by atoms with Gasteiger partial charge in [0, 0.05) is 18.4 Å². The molecule has 0 N–H and O–H groups in total. The Balaban J connectivity index is 1.81. The second-order valence-electron chi connectivity index (χ2n) is 5.51. The topological polar surface area (TPSA) is 8.17 Å². The molecular formula is C17H21FN2. The van der Waals surface area contributed by atoms with Crippen molar-refractivity contribution in [2.45, 2.75) is 32.2 Å². The molecule has 0 spiro atoms. The molecule has 3 heteroatoms. The van der Waals surface area contributed by atoms with Crippen molar-refractivity contribution in [2.75, 3.05) is 13.1 Å². The van der Waals surface area contributed by atoms with Crippen LogP contribution in [0.25, 0.3) is 5.69 Å². The minimum Gasteiger partial charge on any atom is -0.317 e. The van der Waals surface area contributed by atoms with Gasteiger partial charge in [-0.05, 0) is 50.2 Å². The highest BCUT2D eigenvalue weighted by Crippen LogP contribution is 2.19. The van der Waals surface area contributed by atoms with Gasteiger partial charge in [-0.15, -0.1) is 0 Å². The van der Waals surface area contributed by atoms with Crippen LogP contribution in [0.15, 0.2) is 42.6 Å². The Morgan fingerprint density at radius 1 is 0.900 bits per heavy atom. The molecule has 106 valence electrons. The fourth-order valence-electron chi connectivity index (χ4n) is 2.95. The summed E-state index contributed by atoms with van der Waals surface area (Å²) >= 11 is 0. The van der Waals surface area contributed by atoms with Gasteiger partial charge in [-0.3, -0.25) is 4.90 Å². The van der Waals surface area contributed by atoms with Crippen LogP contribution >= 0.6 is 0 Å². The number of nitrogens with zero attached hydrogens (tertiary/aromatic N) is 2. The van der Waals surface area contributed by atoms with Crippen molar-refractivity contribution in [1.82, 2.24) is 9.47 Å². The fourth-order valence-corrected chi connectivity index (χ4v) is 2.95. The van der Waals surface area contributed by atoms with E-state index < -0.39 is 0 Å². The highest BCUT2D eigenvalue weighted by atomic mass is 19.1. The minimum atomic E-state index is -0.166. The second-order valence-corrected chi connectivity index (χ2v) is 5.51. The Bertz CT molecular complexity index is 554. The maximum Gasteiger partial charge on any atom is 0.147 e. The minimum absolute atomic E-state index is 0.166. The van der Waals surface area contributed by atoms with Crippen molar-refractivity contribution in [3.05, 3.63) is 54.1 Å². The van der Waals surface area contributed by atoms with Crippen LogP contribution in [-0.2, 0) is 6.54 Å². The summed E-state index contributed by atoms with van der Waals surface area (Å²) < 4.78 is 15.9. The summed E-state index contributed by atoms with van der Waals surface area (Å²) in [5.74, 6) is -0.166. The number of halogens is 1. The lowest BCUT2D eigenvalue weighted by Gasteiger charge is -2.21. The SMILES string of the molecule is Fc1ccccc1-n1cccc1CN1CCCCCC1. The first-order chi connectivity index (χ1) is 9.84. The molecular weight excluding hydrogens is 251 g/mol. The van der Waals surface area contributed by atoms with Crippen molar-refractivity contribution in [2.24, 2.45) is 0 Å². The molecule has 2 heterocycles. The van der Waals surface area contributed by atoms with Gasteiger partial charge in [0.25, 0.3) is 0 Å². The lowest BCUT2D eigenvalue weighted by molar-refractivity contribution is 0.272. The zero-order chi connectivity index (χ0) is 13.8. The van der Waals surface area contributed by atoms with E-state index in [1.165, 1.54) is 31.7 Å². The Labute approximate surface area is 119 Å². The normalized spacial score (nSPS) is 17.1. The van der Waals surface area contributed by atoms with Crippen molar-refractivity contribution < 1.29 is 4.39 Å². The summed E-state index contributed by atoms with van der Waals surface area (Å²) in [4.78, 5) is 2.49. The van der Waals surface area contributed by atoms with E-state index in [1.54, 1.807) is 6.07 Å². The molecule has 0 aliphatic carbocycles. The largest absolute Gasteiger partial charge is 0.317 e. The first-order valence-corrected chi connectivity index (χ1v) is 7.48. The summed E-state index contributed by atoms with van der Waals surface area (Å²) in [5.41, 5.74) is 1.80. The van der Waals surface area contributed by atoms with Gasteiger partial charge >= 0.3 is 0 Å². The van der Waals surface area contributed by atoms with E-state index in [0.717, 1.165) is 25.3 Å². The van der Waals surface area contributed by atoms with E-state index in [9.17, 15) is 4.39 Å². The highest BCUT2D eigenvalue weighted by molar-refractivity contribution is 5.36. The van der Waals surface area contributed by atoms with Crippen LogP contribution in [0.4, 0.5) is 4.39 Å². The van der Waals surface area contributed by atoms with Gasteiger partial charge in [-0.1, -0.05) is 25.0 Å². The van der Waals surface area contributed by atoms with Gasteiger partial charge in [0.2, 0.25) is 0 Å². The van der Waals surface area contributed by atoms with Gasteiger partial charge in [-0.2, -0.15) is 0 Å². The summed E-state index contributed by atoms with van der Waals surface area (Å²) in [7, 11) is 0. The van der Waals surface area contributed by atoms with E-state index in [2.05, 4.69) is 11.0 Å². The number of aromatic nitrogens is 1. The third-order valence-electron chi connectivity index (χ3n) is 4.03. The van der Waals surface area contributed by atoms with Gasteiger partial charge in [0.05, 0.1) is 5.69 Å². The molecule has 2 nitrogen and oxygen atoms in total. The number of benzene rings is 1. The third-order valence-corrected chi connectivity index (χ3v) is 4.03. The van der Waals surface area contributed by atoms with Crippen molar-refractivity contribution in [3.8, 4) is 5.69 Å². The first-order valence-electron chi connectivity index (χ1n) is 7.48. The number of hydrogen-bond acceptors (Lipinski definition) is 1. The van der Waals surface area contributed by atoms with Crippen LogP contribution < -0.4 is 0 Å². The molecule has 1 aliphatic heterocycles. The van der Waals surface area contributed by atoms with Crippen LogP contribution in [0, 0.1) is 5.82 Å². The zero-order valence-electron chi connectivity index (χ0n) is 11.8. The third kappa shape index (κ3) is 2.93. The molecule has 1 saturated heterocycles. The highest BCUT2D eigenvalue weighted by Gasteiger charge is 2.13. The van der Waals surface area contributed by atoms with Crippen LogP contribution in [-0.4, -0.2) is 22.6 Å². The van der Waals surface area contributed by atoms with E-state index in [0.29, 0.717) is 5.69 Å². The van der Waals surface area contributed by atoms with Gasteiger partial charge in [-0.25, -0.2) is 4.39 Å². The lowest BCUT2D eigenvalue weighted by Crippen LogP contribution is -2.25. The predicted octanol–water partition coefficient (Wildman–Crippen LogP) is 3.99. The zero-order valence-corrected chi connectivity index (χ0v) is 11.8. The number of para-hydroxylation sites is 1. The molecule has 0 amide bonds. The smallest absolute Gasteiger partial charge is 0.147 e. The van der Waals surface area contributed by atoms with E-state index in [1.807, 2.05) is 29.0 Å². The van der Waals surface area contributed by atoms with Crippen molar-refractivity contribution in [3.63, 3.8) is 0 Å². The van der Waals surface area contributed by atoms with Gasteiger partial charge < -0.3 is 4.57 Å². The molecule has 20 heavy (non-hydrogen) atoms. The fraction of sp³-hybridized carbons (Fsp3) is 0.412. The first kappa shape index (κ1) is 13.4. The Hall–Kier alpha value is -1.61. The monoisotopic (exact) mass is 272 g/mol. The average molecular weight is 272 g/mol. The average Bonchev–Trinajstić information content (AvgIpc) is 2.75. The summed E-state index contributed by atoms with van der Waals surface area (Å²) in [6.45, 7) is 3.21. The van der Waals surface area contributed by atoms with Crippen LogP contribution in [0.1, 0.15) is 31.4 Å². The molecule has 1 fully saturated rings.